The van der Waals surface area contributed by atoms with Gasteiger partial charge < -0.3 is 4.57 Å². The minimum Gasteiger partial charge on any atom is -0.309 e. The zero-order valence-electron chi connectivity index (χ0n) is 50.2. The van der Waals surface area contributed by atoms with Crippen molar-refractivity contribution in [2.45, 2.75) is 0 Å². The van der Waals surface area contributed by atoms with E-state index in [4.69, 9.17) is 9.97 Å². The molecule has 5 aromatic heterocycles. The van der Waals surface area contributed by atoms with Crippen molar-refractivity contribution in [1.82, 2.24) is 28.1 Å². The maximum absolute atomic E-state index is 5.94. The quantitative estimate of drug-likeness (QED) is 0.0904. The molecule has 5 heterocycles. The Balaban J connectivity index is 0.965. The summed E-state index contributed by atoms with van der Waals surface area (Å²) >= 11 is 0. The normalized spacial score (nSPS) is 12.1. The molecule has 0 unspecified atom stereocenters. The average Bonchev–Trinajstić information content (AvgIpc) is 1.47. The molecule has 18 rings (SSSR count). The number of aromatic nitrogens is 6. The second-order valence-corrected chi connectivity index (χ2v) is 31.7. The first-order valence-corrected chi connectivity index (χ1v) is 35.6. The van der Waals surface area contributed by atoms with Crippen LogP contribution < -0.4 is 41.5 Å². The molecule has 6 nitrogen and oxygen atoms in total. The van der Waals surface area contributed by atoms with Crippen LogP contribution in [0, 0.1) is 0 Å². The van der Waals surface area contributed by atoms with Crippen LogP contribution in [0.5, 0.6) is 0 Å². The molecule has 13 aromatic carbocycles. The summed E-state index contributed by atoms with van der Waals surface area (Å²) in [5, 5.41) is 15.2. The van der Waals surface area contributed by atoms with Crippen LogP contribution in [-0.4, -0.2) is 44.2 Å². The minimum atomic E-state index is -3.07. The van der Waals surface area contributed by atoms with E-state index in [1.807, 2.05) is 0 Å². The van der Waals surface area contributed by atoms with Crippen LogP contribution in [0.4, 0.5) is 0 Å². The Hall–Kier alpha value is -11.7. The first kappa shape index (κ1) is 53.4. The Kier molecular flexibility index (Phi) is 12.5. The summed E-state index contributed by atoms with van der Waals surface area (Å²) in [5.41, 5.74) is 11.6. The number of rotatable bonds is 12. The lowest BCUT2D eigenvalue weighted by atomic mass is 10.1. The van der Waals surface area contributed by atoms with Gasteiger partial charge in [-0.15, -0.1) is 0 Å². The lowest BCUT2D eigenvalue weighted by Crippen LogP contribution is -2.74. The van der Waals surface area contributed by atoms with Crippen molar-refractivity contribution >= 4 is 129 Å². The Labute approximate surface area is 534 Å². The summed E-state index contributed by atoms with van der Waals surface area (Å²) in [7, 11) is -6.08. The van der Waals surface area contributed by atoms with Crippen LogP contribution in [0.3, 0.4) is 0 Å². The average molecular weight is 1210 g/mol. The van der Waals surface area contributed by atoms with Gasteiger partial charge in [0.25, 0.3) is 0 Å². The molecular formula is C84H58N6Si2. The molecule has 0 spiro atoms. The van der Waals surface area contributed by atoms with Crippen molar-refractivity contribution in [3.8, 4) is 28.5 Å². The van der Waals surface area contributed by atoms with Crippen LogP contribution in [0.25, 0.3) is 99.9 Å². The molecule has 0 atom stereocenters. The number of pyridine rings is 1. The van der Waals surface area contributed by atoms with Crippen molar-refractivity contribution in [1.29, 1.82) is 0 Å². The van der Waals surface area contributed by atoms with Gasteiger partial charge in [0, 0.05) is 27.2 Å². The van der Waals surface area contributed by atoms with E-state index in [2.05, 4.69) is 370 Å². The Morgan fingerprint density at radius 1 is 0.217 bits per heavy atom. The van der Waals surface area contributed by atoms with Crippen molar-refractivity contribution in [3.63, 3.8) is 0 Å². The van der Waals surface area contributed by atoms with Gasteiger partial charge in [-0.3, -0.25) is 13.5 Å². The van der Waals surface area contributed by atoms with E-state index in [1.165, 1.54) is 63.0 Å². The first-order valence-electron chi connectivity index (χ1n) is 31.6. The zero-order valence-corrected chi connectivity index (χ0v) is 52.2. The standard InChI is InChI=1S/C84H58N6Si2/c1-7-30-62(31-8-1)91(63-32-9-2-10-33-63,64-34-11-3-12-35-64)68-50-52-74-80(57-68)89-81-58-69(92(65-36-13-4-14-37-65,66-38-15-5-16-39-66)67-40-17-6-18-41-67)51-53-79(81)90(84(89)85-74)83-56-60(55-82(86-83)88-77-48-25-21-44-72(77)73-45-22-26-49-78(73)88)59-28-27-29-61(54-59)87-75-46-23-19-42-70(75)71-43-20-24-47-76(71)87/h1-58H. The van der Waals surface area contributed by atoms with E-state index < -0.39 is 16.1 Å². The molecule has 8 heteroatoms. The van der Waals surface area contributed by atoms with Gasteiger partial charge in [-0.25, -0.2) is 9.97 Å². The van der Waals surface area contributed by atoms with Crippen LogP contribution in [0.1, 0.15) is 0 Å². The fraction of sp³-hybridized carbons (Fsp3) is 0. The molecule has 0 amide bonds. The second-order valence-electron chi connectivity index (χ2n) is 24.0. The lowest BCUT2D eigenvalue weighted by Gasteiger charge is -2.34. The number of para-hydroxylation sites is 4. The molecule has 0 fully saturated rings. The SMILES string of the molecule is c1ccc([Si](c2ccccc2)(c2ccccc2)c2ccc3nc4n(-c5cc(-c6cccc(-n7c8ccccc8c8ccccc87)c6)cc(-n6c7ccccc7c7ccccc76)n5)c5ccc([Si](c6ccccc6)(c6ccccc6)c6ccccc6)cc5n4c3c2)cc1. The maximum Gasteiger partial charge on any atom is 0.221 e. The van der Waals surface area contributed by atoms with Crippen LogP contribution in [0.15, 0.2) is 352 Å². The highest BCUT2D eigenvalue weighted by molar-refractivity contribution is 7.20. The molecule has 92 heavy (non-hydrogen) atoms. The highest BCUT2D eigenvalue weighted by atomic mass is 28.3. The molecule has 0 aliphatic heterocycles. The zero-order chi connectivity index (χ0) is 60.7. The van der Waals surface area contributed by atoms with Crippen molar-refractivity contribution < 1.29 is 0 Å². The van der Waals surface area contributed by atoms with Gasteiger partial charge in [0.1, 0.15) is 11.6 Å². The largest absolute Gasteiger partial charge is 0.309 e. The van der Waals surface area contributed by atoms with Gasteiger partial charge in [0.15, 0.2) is 16.1 Å². The predicted molar refractivity (Wildman–Crippen MR) is 389 cm³/mol. The molecular weight excluding hydrogens is 1150 g/mol. The summed E-state index contributed by atoms with van der Waals surface area (Å²) < 4.78 is 9.55. The highest BCUT2D eigenvalue weighted by Crippen LogP contribution is 2.38. The number of imidazole rings is 2. The Morgan fingerprint density at radius 3 is 1.02 bits per heavy atom. The van der Waals surface area contributed by atoms with Crippen LogP contribution in [0.2, 0.25) is 0 Å². The minimum absolute atomic E-state index is 0.754. The predicted octanol–water partition coefficient (Wildman–Crippen LogP) is 14.4. The third-order valence-electron chi connectivity index (χ3n) is 19.3. The van der Waals surface area contributed by atoms with E-state index >= 15 is 0 Å². The van der Waals surface area contributed by atoms with Crippen molar-refractivity contribution in [3.05, 3.63) is 352 Å². The summed E-state index contributed by atoms with van der Waals surface area (Å²) in [6.45, 7) is 0. The number of hydrogen-bond acceptors (Lipinski definition) is 2. The lowest BCUT2D eigenvalue weighted by molar-refractivity contribution is 0.996. The maximum atomic E-state index is 5.94. The summed E-state index contributed by atoms with van der Waals surface area (Å²) in [4.78, 5) is 11.8. The van der Waals surface area contributed by atoms with E-state index in [0.29, 0.717) is 0 Å². The summed E-state index contributed by atoms with van der Waals surface area (Å²) in [6.07, 6.45) is 0. The Bertz CT molecular complexity index is 5520. The van der Waals surface area contributed by atoms with E-state index in [0.717, 1.165) is 78.4 Å². The molecule has 0 aliphatic rings. The monoisotopic (exact) mass is 1210 g/mol. The first-order chi connectivity index (χ1) is 45.6. The third kappa shape index (κ3) is 8.11. The van der Waals surface area contributed by atoms with Gasteiger partial charge in [-0.1, -0.05) is 279 Å². The van der Waals surface area contributed by atoms with Crippen LogP contribution >= 0.6 is 0 Å². The van der Waals surface area contributed by atoms with E-state index in [-0.39, 0.29) is 0 Å². The van der Waals surface area contributed by atoms with Crippen molar-refractivity contribution in [2.75, 3.05) is 0 Å². The van der Waals surface area contributed by atoms with Crippen LogP contribution in [-0.2, 0) is 0 Å². The molecule has 0 aliphatic carbocycles. The number of benzene rings is 13. The van der Waals surface area contributed by atoms with E-state index in [1.54, 1.807) is 0 Å². The molecule has 0 N–H and O–H groups in total. The van der Waals surface area contributed by atoms with Gasteiger partial charge in [-0.2, -0.15) is 0 Å². The number of nitrogens with zero attached hydrogens (tertiary/aromatic N) is 6. The molecule has 432 valence electrons. The molecule has 0 saturated carbocycles. The molecule has 18 aromatic rings. The Morgan fingerprint density at radius 2 is 0.587 bits per heavy atom. The smallest absolute Gasteiger partial charge is 0.221 e. The molecule has 0 radical (unpaired) electrons. The highest BCUT2D eigenvalue weighted by Gasteiger charge is 2.44. The fourth-order valence-corrected chi connectivity index (χ4v) is 24.9. The molecule has 0 saturated heterocycles. The second kappa shape index (κ2) is 21.5. The van der Waals surface area contributed by atoms with Gasteiger partial charge in [0.2, 0.25) is 5.78 Å². The molecule has 0 bridgehead atoms. The summed E-state index contributed by atoms with van der Waals surface area (Å²) in [5.74, 6) is 2.34. The number of fused-ring (bicyclic) bond motifs is 11. The third-order valence-corrected chi connectivity index (χ3v) is 28.8. The summed E-state index contributed by atoms with van der Waals surface area (Å²) in [6, 6.07) is 130. The van der Waals surface area contributed by atoms with Crippen molar-refractivity contribution in [2.24, 2.45) is 0 Å². The fourth-order valence-electron chi connectivity index (χ4n) is 15.4. The van der Waals surface area contributed by atoms with Gasteiger partial charge >= 0.3 is 0 Å². The topological polar surface area (TPSA) is 45.0 Å². The van der Waals surface area contributed by atoms with Gasteiger partial charge in [0.05, 0.1) is 44.1 Å². The van der Waals surface area contributed by atoms with Gasteiger partial charge in [-0.05, 0) is 125 Å². The number of hydrogen-bond donors (Lipinski definition) is 0. The van der Waals surface area contributed by atoms with E-state index in [9.17, 15) is 0 Å².